The van der Waals surface area contributed by atoms with Crippen molar-refractivity contribution in [2.75, 3.05) is 4.90 Å². The van der Waals surface area contributed by atoms with E-state index >= 15 is 0 Å². The second kappa shape index (κ2) is 7.94. The molecule has 3 aliphatic heterocycles. The van der Waals surface area contributed by atoms with Crippen LogP contribution in [-0.4, -0.2) is 33.5 Å². The summed E-state index contributed by atoms with van der Waals surface area (Å²) >= 11 is 0. The highest BCUT2D eigenvalue weighted by atomic mass is 19.1. The Balaban J connectivity index is 1.50. The molecule has 4 atom stereocenters. The molecule has 3 aromatic rings. The molecule has 6 rings (SSSR count). The Morgan fingerprint density at radius 1 is 0.917 bits per heavy atom. The average Bonchev–Trinajstić information content (AvgIpc) is 3.36. The van der Waals surface area contributed by atoms with E-state index in [1.807, 2.05) is 30.3 Å². The lowest BCUT2D eigenvalue weighted by Crippen LogP contribution is -2.44. The van der Waals surface area contributed by atoms with E-state index in [1.54, 1.807) is 11.1 Å². The first-order valence-corrected chi connectivity index (χ1v) is 11.3. The molecule has 36 heavy (non-hydrogen) atoms. The van der Waals surface area contributed by atoms with Gasteiger partial charge >= 0.3 is 0 Å². The zero-order chi connectivity index (χ0) is 25.1. The van der Waals surface area contributed by atoms with Crippen molar-refractivity contribution in [2.24, 2.45) is 11.8 Å². The number of hydrogen-bond acceptors (Lipinski definition) is 6. The van der Waals surface area contributed by atoms with Crippen molar-refractivity contribution in [1.29, 1.82) is 0 Å². The van der Waals surface area contributed by atoms with E-state index in [4.69, 9.17) is 0 Å². The summed E-state index contributed by atoms with van der Waals surface area (Å²) in [6, 6.07) is 16.3. The Labute approximate surface area is 204 Å². The number of nitrogens with zero attached hydrogens (tertiary/aromatic N) is 3. The number of carbonyl (C=O) groups excluding carboxylic acids is 3. The molecule has 0 saturated carbocycles. The van der Waals surface area contributed by atoms with E-state index in [0.717, 1.165) is 22.1 Å². The number of halogens is 1. The maximum atomic E-state index is 14.0. The third-order valence-electron chi connectivity index (χ3n) is 7.14. The van der Waals surface area contributed by atoms with Gasteiger partial charge in [0.25, 0.3) is 5.69 Å². The molecule has 2 saturated heterocycles. The number of fused-ring (bicyclic) bond motifs is 5. The molecule has 9 heteroatoms. The SMILES string of the molecule is O=C(c1cccc([N+](=O)[O-])c1)C1C2C(=O)N(c3cccc(F)c3)C(=O)C2C2c3ccccc3C=CN12. The van der Waals surface area contributed by atoms with Crippen molar-refractivity contribution in [3.05, 3.63) is 112 Å². The van der Waals surface area contributed by atoms with Crippen LogP contribution in [0.3, 0.4) is 0 Å². The van der Waals surface area contributed by atoms with Crippen LogP contribution in [0, 0.1) is 27.8 Å². The standard InChI is InChI=1S/C27H18FN3O5/c28-17-7-4-8-18(14-17)30-26(33)21-22(27(30)34)24(25(32)16-6-3-9-19(13-16)31(35)36)29-12-11-15-5-1-2-10-20(15)23(21)29/h1-14,21-24H. The summed E-state index contributed by atoms with van der Waals surface area (Å²) in [4.78, 5) is 54.7. The van der Waals surface area contributed by atoms with E-state index < -0.39 is 52.3 Å². The normalized spacial score (nSPS) is 23.9. The number of benzene rings is 3. The highest BCUT2D eigenvalue weighted by Gasteiger charge is 2.64. The first-order valence-electron chi connectivity index (χ1n) is 11.3. The van der Waals surface area contributed by atoms with E-state index in [9.17, 15) is 28.9 Å². The molecule has 3 aliphatic rings. The first-order chi connectivity index (χ1) is 17.4. The number of anilines is 1. The Bertz CT molecular complexity index is 1500. The van der Waals surface area contributed by atoms with Crippen LogP contribution in [0.2, 0.25) is 0 Å². The zero-order valence-corrected chi connectivity index (χ0v) is 18.7. The molecule has 0 bridgehead atoms. The molecule has 0 aromatic heterocycles. The maximum Gasteiger partial charge on any atom is 0.270 e. The number of non-ortho nitro benzene ring substituents is 1. The van der Waals surface area contributed by atoms with Crippen molar-refractivity contribution >= 4 is 35.0 Å². The topological polar surface area (TPSA) is 101 Å². The molecule has 0 N–H and O–H groups in total. The molecule has 2 fully saturated rings. The molecule has 0 spiro atoms. The third-order valence-corrected chi connectivity index (χ3v) is 7.14. The Morgan fingerprint density at radius 3 is 2.44 bits per heavy atom. The van der Waals surface area contributed by atoms with Gasteiger partial charge in [0.2, 0.25) is 11.8 Å². The Hall–Kier alpha value is -4.66. The van der Waals surface area contributed by atoms with Crippen LogP contribution in [0.5, 0.6) is 0 Å². The van der Waals surface area contributed by atoms with Gasteiger partial charge in [-0.3, -0.25) is 24.5 Å². The van der Waals surface area contributed by atoms with Crippen LogP contribution in [0.1, 0.15) is 27.5 Å². The van der Waals surface area contributed by atoms with E-state index in [2.05, 4.69) is 0 Å². The maximum absolute atomic E-state index is 14.0. The summed E-state index contributed by atoms with van der Waals surface area (Å²) < 4.78 is 14.0. The smallest absolute Gasteiger partial charge is 0.270 e. The summed E-state index contributed by atoms with van der Waals surface area (Å²) in [6.45, 7) is 0. The number of imide groups is 1. The number of nitro groups is 1. The minimum atomic E-state index is -1.07. The lowest BCUT2D eigenvalue weighted by Gasteiger charge is -2.35. The van der Waals surface area contributed by atoms with E-state index in [-0.39, 0.29) is 16.9 Å². The molecule has 0 aliphatic carbocycles. The van der Waals surface area contributed by atoms with Crippen LogP contribution in [0.25, 0.3) is 6.08 Å². The molecule has 178 valence electrons. The number of hydrogen-bond donors (Lipinski definition) is 0. The van der Waals surface area contributed by atoms with Crippen molar-refractivity contribution in [3.8, 4) is 0 Å². The predicted molar refractivity (Wildman–Crippen MR) is 127 cm³/mol. The fourth-order valence-electron chi connectivity index (χ4n) is 5.67. The quantitative estimate of drug-likeness (QED) is 0.239. The number of Topliss-reactive ketones (excluding diaryl/α,β-unsaturated/α-hetero) is 1. The predicted octanol–water partition coefficient (Wildman–Crippen LogP) is 4.13. The van der Waals surface area contributed by atoms with Gasteiger partial charge in [0.05, 0.1) is 28.5 Å². The van der Waals surface area contributed by atoms with Gasteiger partial charge in [0.15, 0.2) is 5.78 Å². The molecular weight excluding hydrogens is 465 g/mol. The highest BCUT2D eigenvalue weighted by molar-refractivity contribution is 6.24. The molecule has 3 aromatic carbocycles. The molecule has 4 unspecified atom stereocenters. The Kier molecular flexibility index (Phi) is 4.82. The third kappa shape index (κ3) is 3.09. The van der Waals surface area contributed by atoms with Crippen LogP contribution < -0.4 is 4.90 Å². The summed E-state index contributed by atoms with van der Waals surface area (Å²) in [5.74, 6) is -4.14. The summed E-state index contributed by atoms with van der Waals surface area (Å²) in [7, 11) is 0. The van der Waals surface area contributed by atoms with Gasteiger partial charge in [-0.1, -0.05) is 42.5 Å². The number of carbonyl (C=O) groups is 3. The van der Waals surface area contributed by atoms with Gasteiger partial charge in [-0.2, -0.15) is 0 Å². The van der Waals surface area contributed by atoms with Gasteiger partial charge in [0.1, 0.15) is 11.9 Å². The summed E-state index contributed by atoms with van der Waals surface area (Å²) in [5, 5.41) is 11.3. The fraction of sp³-hybridized carbons (Fsp3) is 0.148. The van der Waals surface area contributed by atoms with Gasteiger partial charge in [-0.05, 0) is 35.4 Å². The second-order valence-electron chi connectivity index (χ2n) is 9.00. The molecule has 2 amide bonds. The number of nitro benzene ring substituents is 1. The molecule has 8 nitrogen and oxygen atoms in total. The average molecular weight is 483 g/mol. The highest BCUT2D eigenvalue weighted by Crippen LogP contribution is 2.53. The van der Waals surface area contributed by atoms with Gasteiger partial charge in [0, 0.05) is 23.9 Å². The van der Waals surface area contributed by atoms with Gasteiger partial charge in [-0.15, -0.1) is 0 Å². The van der Waals surface area contributed by atoms with Crippen LogP contribution in [-0.2, 0) is 9.59 Å². The number of rotatable bonds is 4. The molecule has 0 radical (unpaired) electrons. The second-order valence-corrected chi connectivity index (χ2v) is 9.00. The van der Waals surface area contributed by atoms with Gasteiger partial charge in [-0.25, -0.2) is 9.29 Å². The van der Waals surface area contributed by atoms with Gasteiger partial charge < -0.3 is 4.90 Å². The zero-order valence-electron chi connectivity index (χ0n) is 18.7. The van der Waals surface area contributed by atoms with Crippen molar-refractivity contribution in [1.82, 2.24) is 4.90 Å². The van der Waals surface area contributed by atoms with Crippen LogP contribution >= 0.6 is 0 Å². The van der Waals surface area contributed by atoms with Crippen molar-refractivity contribution in [2.45, 2.75) is 12.1 Å². The summed E-state index contributed by atoms with van der Waals surface area (Å²) in [6.07, 6.45) is 3.53. The van der Waals surface area contributed by atoms with Crippen molar-refractivity contribution < 1.29 is 23.7 Å². The molecular formula is C27H18FN3O5. The minimum absolute atomic E-state index is 0.0744. The monoisotopic (exact) mass is 483 g/mol. The van der Waals surface area contributed by atoms with Crippen LogP contribution in [0.4, 0.5) is 15.8 Å². The van der Waals surface area contributed by atoms with Crippen LogP contribution in [0.15, 0.2) is 79.0 Å². The van der Waals surface area contributed by atoms with E-state index in [1.165, 1.54) is 42.5 Å². The fourth-order valence-corrected chi connectivity index (χ4v) is 5.67. The lowest BCUT2D eigenvalue weighted by molar-refractivity contribution is -0.384. The lowest BCUT2D eigenvalue weighted by atomic mass is 9.83. The number of ketones is 1. The molecule has 3 heterocycles. The largest absolute Gasteiger partial charge is 0.358 e. The van der Waals surface area contributed by atoms with Crippen molar-refractivity contribution in [3.63, 3.8) is 0 Å². The minimum Gasteiger partial charge on any atom is -0.358 e. The summed E-state index contributed by atoms with van der Waals surface area (Å²) in [5.41, 5.74) is 1.59. The first kappa shape index (κ1) is 21.8. The number of amides is 2. The Morgan fingerprint density at radius 2 is 1.67 bits per heavy atom. The van der Waals surface area contributed by atoms with E-state index in [0.29, 0.717) is 0 Å².